The Morgan fingerprint density at radius 2 is 2.00 bits per heavy atom. The van der Waals surface area contributed by atoms with Gasteiger partial charge in [-0.3, -0.25) is 4.79 Å². The van der Waals surface area contributed by atoms with Crippen molar-refractivity contribution in [1.29, 1.82) is 0 Å². The van der Waals surface area contributed by atoms with Crippen LogP contribution in [0.3, 0.4) is 0 Å². The summed E-state index contributed by atoms with van der Waals surface area (Å²) in [6.45, 7) is 1.60. The summed E-state index contributed by atoms with van der Waals surface area (Å²) in [6.07, 6.45) is 0. The molecule has 0 aliphatic heterocycles. The van der Waals surface area contributed by atoms with Crippen LogP contribution < -0.4 is 5.73 Å². The number of aromatic nitrogens is 1. The molecule has 6 nitrogen and oxygen atoms in total. The predicted octanol–water partition coefficient (Wildman–Crippen LogP) is 0.116. The molecule has 0 radical (unpaired) electrons. The molecule has 82 valence electrons. The van der Waals surface area contributed by atoms with Crippen molar-refractivity contribution in [2.45, 2.75) is 13.0 Å². The van der Waals surface area contributed by atoms with E-state index in [1.165, 1.54) is 17.7 Å². The van der Waals surface area contributed by atoms with E-state index in [1.54, 1.807) is 6.92 Å². The van der Waals surface area contributed by atoms with E-state index in [0.717, 1.165) is 0 Å². The van der Waals surface area contributed by atoms with Gasteiger partial charge in [-0.1, -0.05) is 0 Å². The monoisotopic (exact) mass is 212 g/mol. The fourth-order valence-electron chi connectivity index (χ4n) is 1.52. The SMILES string of the molecule is Cc1cc(C(N)C(=O)O)n(C)c1C(=O)O. The van der Waals surface area contributed by atoms with Crippen LogP contribution in [0.4, 0.5) is 0 Å². The van der Waals surface area contributed by atoms with Crippen molar-refractivity contribution in [3.63, 3.8) is 0 Å². The lowest BCUT2D eigenvalue weighted by Gasteiger charge is -2.08. The van der Waals surface area contributed by atoms with Crippen LogP contribution in [0.15, 0.2) is 6.07 Å². The summed E-state index contributed by atoms with van der Waals surface area (Å²) in [7, 11) is 1.48. The molecular formula is C9H12N2O4. The highest BCUT2D eigenvalue weighted by atomic mass is 16.4. The van der Waals surface area contributed by atoms with E-state index < -0.39 is 18.0 Å². The number of nitrogens with zero attached hydrogens (tertiary/aromatic N) is 1. The Bertz CT molecular complexity index is 422. The van der Waals surface area contributed by atoms with Crippen LogP contribution in [0.2, 0.25) is 0 Å². The Hall–Kier alpha value is -1.82. The molecule has 0 aliphatic rings. The quantitative estimate of drug-likeness (QED) is 0.659. The number of aromatic carboxylic acids is 1. The Labute approximate surface area is 85.9 Å². The minimum absolute atomic E-state index is 0.0571. The van der Waals surface area contributed by atoms with E-state index in [9.17, 15) is 9.59 Å². The van der Waals surface area contributed by atoms with Gasteiger partial charge in [0, 0.05) is 12.7 Å². The van der Waals surface area contributed by atoms with E-state index >= 15 is 0 Å². The number of hydrogen-bond donors (Lipinski definition) is 3. The summed E-state index contributed by atoms with van der Waals surface area (Å²) < 4.78 is 1.29. The topological polar surface area (TPSA) is 106 Å². The van der Waals surface area contributed by atoms with Gasteiger partial charge in [-0.15, -0.1) is 0 Å². The first-order valence-electron chi connectivity index (χ1n) is 4.24. The second kappa shape index (κ2) is 3.74. The zero-order valence-corrected chi connectivity index (χ0v) is 8.39. The Morgan fingerprint density at radius 3 is 2.33 bits per heavy atom. The average Bonchev–Trinajstić information content (AvgIpc) is 2.40. The molecule has 6 heteroatoms. The van der Waals surface area contributed by atoms with Gasteiger partial charge < -0.3 is 20.5 Å². The number of aryl methyl sites for hydroxylation is 1. The lowest BCUT2D eigenvalue weighted by molar-refractivity contribution is -0.138. The molecule has 1 unspecified atom stereocenters. The molecule has 4 N–H and O–H groups in total. The lowest BCUT2D eigenvalue weighted by Crippen LogP contribution is -2.23. The molecular weight excluding hydrogens is 200 g/mol. The molecule has 0 fully saturated rings. The van der Waals surface area contributed by atoms with Gasteiger partial charge in [-0.25, -0.2) is 4.79 Å². The lowest BCUT2D eigenvalue weighted by atomic mass is 10.2. The molecule has 1 rings (SSSR count). The minimum atomic E-state index is -1.21. The molecule has 1 atom stereocenters. The fraction of sp³-hybridized carbons (Fsp3) is 0.333. The first-order valence-corrected chi connectivity index (χ1v) is 4.24. The van der Waals surface area contributed by atoms with E-state index in [2.05, 4.69) is 0 Å². The van der Waals surface area contributed by atoms with Crippen molar-refractivity contribution in [3.8, 4) is 0 Å². The van der Waals surface area contributed by atoms with Gasteiger partial charge in [0.25, 0.3) is 0 Å². The van der Waals surface area contributed by atoms with Crippen LogP contribution in [0, 0.1) is 6.92 Å². The normalized spacial score (nSPS) is 12.5. The number of rotatable bonds is 3. The minimum Gasteiger partial charge on any atom is -0.480 e. The van der Waals surface area contributed by atoms with E-state index in [0.29, 0.717) is 5.56 Å². The number of nitrogens with two attached hydrogens (primary N) is 1. The Morgan fingerprint density at radius 1 is 1.47 bits per heavy atom. The number of aliphatic carboxylic acids is 1. The van der Waals surface area contributed by atoms with Gasteiger partial charge in [0.05, 0.1) is 0 Å². The second-order valence-corrected chi connectivity index (χ2v) is 3.28. The molecule has 0 saturated heterocycles. The molecule has 0 bridgehead atoms. The summed E-state index contributed by atoms with van der Waals surface area (Å²) >= 11 is 0. The van der Waals surface area contributed by atoms with E-state index in [-0.39, 0.29) is 11.4 Å². The molecule has 1 aromatic heterocycles. The van der Waals surface area contributed by atoms with Crippen LogP contribution in [0.25, 0.3) is 0 Å². The average molecular weight is 212 g/mol. The maximum absolute atomic E-state index is 10.8. The molecule has 15 heavy (non-hydrogen) atoms. The number of hydrogen-bond acceptors (Lipinski definition) is 3. The Kier molecular flexibility index (Phi) is 2.81. The van der Waals surface area contributed by atoms with E-state index in [1.807, 2.05) is 0 Å². The molecule has 0 aliphatic carbocycles. The number of carbonyl (C=O) groups is 2. The van der Waals surface area contributed by atoms with Crippen molar-refractivity contribution in [1.82, 2.24) is 4.57 Å². The van der Waals surface area contributed by atoms with Crippen LogP contribution in [-0.4, -0.2) is 26.7 Å². The third-order valence-corrected chi connectivity index (χ3v) is 2.25. The molecule has 1 aromatic rings. The van der Waals surface area contributed by atoms with E-state index in [4.69, 9.17) is 15.9 Å². The zero-order valence-electron chi connectivity index (χ0n) is 8.39. The van der Waals surface area contributed by atoms with Gasteiger partial charge in [0.15, 0.2) is 0 Å². The van der Waals surface area contributed by atoms with Crippen molar-refractivity contribution >= 4 is 11.9 Å². The van der Waals surface area contributed by atoms with Gasteiger partial charge in [-0.05, 0) is 18.6 Å². The highest BCUT2D eigenvalue weighted by Crippen LogP contribution is 2.19. The van der Waals surface area contributed by atoms with Gasteiger partial charge in [0.2, 0.25) is 0 Å². The second-order valence-electron chi connectivity index (χ2n) is 3.28. The van der Waals surface area contributed by atoms with Crippen molar-refractivity contribution in [2.24, 2.45) is 12.8 Å². The van der Waals surface area contributed by atoms with Gasteiger partial charge in [0.1, 0.15) is 11.7 Å². The molecule has 1 heterocycles. The third kappa shape index (κ3) is 1.84. The summed E-state index contributed by atoms with van der Waals surface area (Å²) in [6, 6.07) is 0.268. The van der Waals surface area contributed by atoms with Gasteiger partial charge in [-0.2, -0.15) is 0 Å². The maximum atomic E-state index is 10.8. The van der Waals surface area contributed by atoms with Crippen molar-refractivity contribution in [3.05, 3.63) is 23.0 Å². The summed E-state index contributed by atoms with van der Waals surface area (Å²) in [5, 5.41) is 17.6. The highest BCUT2D eigenvalue weighted by molar-refractivity contribution is 5.88. The van der Waals surface area contributed by atoms with Crippen LogP contribution in [-0.2, 0) is 11.8 Å². The molecule has 0 spiro atoms. The first-order chi connectivity index (χ1) is 6.86. The largest absolute Gasteiger partial charge is 0.480 e. The summed E-state index contributed by atoms with van der Waals surface area (Å²) in [4.78, 5) is 21.5. The van der Waals surface area contributed by atoms with Gasteiger partial charge >= 0.3 is 11.9 Å². The summed E-state index contributed by atoms with van der Waals surface area (Å²) in [5.41, 5.74) is 6.24. The molecule has 0 saturated carbocycles. The standard InChI is InChI=1S/C9H12N2O4/c1-4-3-5(6(10)8(12)13)11(2)7(4)9(14)15/h3,6H,10H2,1-2H3,(H,12,13)(H,14,15). The molecule has 0 amide bonds. The number of carboxylic acid groups (broad SMARTS) is 2. The van der Waals surface area contributed by atoms with Crippen LogP contribution >= 0.6 is 0 Å². The smallest absolute Gasteiger partial charge is 0.352 e. The summed E-state index contributed by atoms with van der Waals surface area (Å²) in [5.74, 6) is -2.29. The molecule has 0 aromatic carbocycles. The van der Waals surface area contributed by atoms with Crippen LogP contribution in [0.1, 0.15) is 27.8 Å². The van der Waals surface area contributed by atoms with Crippen LogP contribution in [0.5, 0.6) is 0 Å². The fourth-order valence-corrected chi connectivity index (χ4v) is 1.52. The van der Waals surface area contributed by atoms with Crippen molar-refractivity contribution < 1.29 is 19.8 Å². The predicted molar refractivity (Wildman–Crippen MR) is 51.7 cm³/mol. The highest BCUT2D eigenvalue weighted by Gasteiger charge is 2.23. The van der Waals surface area contributed by atoms with Crippen molar-refractivity contribution in [2.75, 3.05) is 0 Å². The first kappa shape index (κ1) is 11.3. The third-order valence-electron chi connectivity index (χ3n) is 2.25. The number of carboxylic acids is 2. The maximum Gasteiger partial charge on any atom is 0.352 e. The zero-order chi connectivity index (χ0) is 11.7. The Balaban J connectivity index is 3.29.